The first-order valence-corrected chi connectivity index (χ1v) is 12.3. The van der Waals surface area contributed by atoms with Gasteiger partial charge in [-0.2, -0.15) is 5.26 Å². The van der Waals surface area contributed by atoms with Gasteiger partial charge in [-0.15, -0.1) is 0 Å². The molecule has 4 rings (SSSR count). The van der Waals surface area contributed by atoms with Crippen LogP contribution in [0.5, 0.6) is 0 Å². The van der Waals surface area contributed by atoms with Crippen molar-refractivity contribution in [2.24, 2.45) is 0 Å². The Kier molecular flexibility index (Phi) is 7.07. The van der Waals surface area contributed by atoms with Gasteiger partial charge in [-0.1, -0.05) is 43.6 Å². The Morgan fingerprint density at radius 1 is 1.31 bits per heavy atom. The molecular formula is C26H26Cl2N6O2. The summed E-state index contributed by atoms with van der Waals surface area (Å²) in [6.45, 7) is 12.6. The lowest BCUT2D eigenvalue weighted by atomic mass is 10.0. The van der Waals surface area contributed by atoms with Gasteiger partial charge in [0.2, 0.25) is 5.91 Å². The minimum atomic E-state index is -0.513. The van der Waals surface area contributed by atoms with Crippen LogP contribution in [0.3, 0.4) is 0 Å². The van der Waals surface area contributed by atoms with E-state index in [-0.39, 0.29) is 39.3 Å². The maximum atomic E-state index is 14.0. The molecule has 1 fully saturated rings. The number of nitrogens with zero attached hydrogens (tertiary/aromatic N) is 6. The first-order valence-electron chi connectivity index (χ1n) is 11.6. The van der Waals surface area contributed by atoms with Crippen molar-refractivity contribution in [3.8, 4) is 11.8 Å². The highest BCUT2D eigenvalue weighted by atomic mass is 35.5. The molecule has 0 aromatic carbocycles. The predicted molar refractivity (Wildman–Crippen MR) is 142 cm³/mol. The van der Waals surface area contributed by atoms with Crippen molar-refractivity contribution >= 4 is 45.8 Å². The number of aromatic nitrogens is 3. The lowest BCUT2D eigenvalue weighted by Crippen LogP contribution is -2.54. The van der Waals surface area contributed by atoms with Crippen LogP contribution in [0.2, 0.25) is 10.2 Å². The fourth-order valence-corrected chi connectivity index (χ4v) is 5.04. The van der Waals surface area contributed by atoms with E-state index in [0.717, 1.165) is 5.56 Å². The number of hydrogen-bond acceptors (Lipinski definition) is 6. The number of carbonyl (C=O) groups is 1. The molecule has 186 valence electrons. The van der Waals surface area contributed by atoms with Gasteiger partial charge >= 0.3 is 0 Å². The molecule has 8 nitrogen and oxygen atoms in total. The third-order valence-corrected chi connectivity index (χ3v) is 7.14. The van der Waals surface area contributed by atoms with Crippen molar-refractivity contribution in [1.82, 2.24) is 19.4 Å². The first-order chi connectivity index (χ1) is 17.1. The average Bonchev–Trinajstić information content (AvgIpc) is 2.84. The molecule has 0 N–H and O–H groups in total. The quantitative estimate of drug-likeness (QED) is 0.365. The Balaban J connectivity index is 2.07. The van der Waals surface area contributed by atoms with Crippen molar-refractivity contribution in [1.29, 1.82) is 5.26 Å². The number of rotatable bonds is 4. The van der Waals surface area contributed by atoms with Crippen molar-refractivity contribution in [3.63, 3.8) is 0 Å². The fourth-order valence-electron chi connectivity index (χ4n) is 4.76. The first kappa shape index (κ1) is 25.7. The van der Waals surface area contributed by atoms with Gasteiger partial charge in [0.05, 0.1) is 22.1 Å². The minimum Gasteiger partial charge on any atom is -0.363 e. The smallest absolute Gasteiger partial charge is 0.276 e. The molecule has 1 atom stereocenters. The third kappa shape index (κ3) is 4.23. The molecule has 1 saturated heterocycles. The number of halogens is 2. The number of pyridine rings is 3. The van der Waals surface area contributed by atoms with Gasteiger partial charge in [-0.05, 0) is 43.5 Å². The number of anilines is 1. The van der Waals surface area contributed by atoms with E-state index in [0.29, 0.717) is 42.1 Å². The van der Waals surface area contributed by atoms with E-state index in [1.165, 1.54) is 10.6 Å². The summed E-state index contributed by atoms with van der Waals surface area (Å²) < 4.78 is 1.43. The Labute approximate surface area is 219 Å². The molecule has 1 aliphatic rings. The Hall–Kier alpha value is -3.41. The summed E-state index contributed by atoms with van der Waals surface area (Å²) in [5.41, 5.74) is 2.27. The summed E-state index contributed by atoms with van der Waals surface area (Å²) in [5, 5.41) is 11.0. The molecule has 1 aliphatic heterocycles. The maximum absolute atomic E-state index is 14.0. The summed E-state index contributed by atoms with van der Waals surface area (Å²) >= 11 is 12.8. The van der Waals surface area contributed by atoms with Crippen LogP contribution in [0.1, 0.15) is 43.5 Å². The summed E-state index contributed by atoms with van der Waals surface area (Å²) in [4.78, 5) is 38.9. The SMILES string of the molecule is C=CC(=O)N1CCN(c2c(C#N)c(=O)n(-c3c(C)ccnc3C(C)C)c3nc(Cl)c(Cl)cc23)C(C)C1. The Morgan fingerprint density at radius 3 is 2.64 bits per heavy atom. The summed E-state index contributed by atoms with van der Waals surface area (Å²) in [5.74, 6) is -0.155. The molecule has 0 radical (unpaired) electrons. The zero-order chi connectivity index (χ0) is 26.3. The monoisotopic (exact) mass is 524 g/mol. The Morgan fingerprint density at radius 2 is 2.03 bits per heavy atom. The number of carbonyl (C=O) groups excluding carboxylic acids is 1. The van der Waals surface area contributed by atoms with Crippen molar-refractivity contribution in [3.05, 3.63) is 68.3 Å². The zero-order valence-corrected chi connectivity index (χ0v) is 22.1. The van der Waals surface area contributed by atoms with Gasteiger partial charge in [-0.25, -0.2) is 4.98 Å². The highest BCUT2D eigenvalue weighted by Gasteiger charge is 2.32. The van der Waals surface area contributed by atoms with Crippen molar-refractivity contribution in [2.75, 3.05) is 24.5 Å². The highest BCUT2D eigenvalue weighted by molar-refractivity contribution is 6.41. The summed E-state index contributed by atoms with van der Waals surface area (Å²) in [6, 6.07) is 5.41. The lowest BCUT2D eigenvalue weighted by molar-refractivity contribution is -0.126. The number of hydrogen-bond donors (Lipinski definition) is 0. The van der Waals surface area contributed by atoms with Crippen LogP contribution in [0.4, 0.5) is 5.69 Å². The van der Waals surface area contributed by atoms with E-state index < -0.39 is 5.56 Å². The highest BCUT2D eigenvalue weighted by Crippen LogP contribution is 2.36. The van der Waals surface area contributed by atoms with Crippen molar-refractivity contribution < 1.29 is 4.79 Å². The standard InChI is InChI=1S/C26H26Cl2N6O2/c1-6-20(35)32-9-10-33(16(5)13-32)23-17-11-19(27)24(28)31-25(17)34(26(36)18(23)12-29)22-15(4)7-8-30-21(22)14(2)3/h6-8,11,14,16H,1,9-10,13H2,2-5H3. The molecule has 0 bridgehead atoms. The van der Waals surface area contributed by atoms with Crippen LogP contribution < -0.4 is 10.5 Å². The van der Waals surface area contributed by atoms with Gasteiger partial charge in [0.25, 0.3) is 5.56 Å². The van der Waals surface area contributed by atoms with E-state index in [1.54, 1.807) is 17.2 Å². The molecule has 0 spiro atoms. The van der Waals surface area contributed by atoms with Crippen LogP contribution in [0.15, 0.2) is 35.8 Å². The topological polar surface area (TPSA) is 95.1 Å². The molecule has 1 amide bonds. The van der Waals surface area contributed by atoms with Gasteiger partial charge < -0.3 is 9.80 Å². The minimum absolute atomic E-state index is 0.00494. The number of fused-ring (bicyclic) bond motifs is 1. The van der Waals surface area contributed by atoms with Crippen LogP contribution in [-0.4, -0.2) is 51.0 Å². The fraction of sp³-hybridized carbons (Fsp3) is 0.346. The predicted octanol–water partition coefficient (Wildman–Crippen LogP) is 4.61. The van der Waals surface area contributed by atoms with Crippen LogP contribution in [0, 0.1) is 18.3 Å². The summed E-state index contributed by atoms with van der Waals surface area (Å²) in [6.07, 6.45) is 2.98. The van der Waals surface area contributed by atoms with Crippen molar-refractivity contribution in [2.45, 2.75) is 39.7 Å². The van der Waals surface area contributed by atoms with E-state index in [2.05, 4.69) is 22.6 Å². The molecular weight excluding hydrogens is 499 g/mol. The molecule has 4 heterocycles. The molecule has 36 heavy (non-hydrogen) atoms. The number of aryl methyl sites for hydroxylation is 1. The van der Waals surface area contributed by atoms with E-state index in [1.807, 2.05) is 38.7 Å². The van der Waals surface area contributed by atoms with Crippen LogP contribution in [0.25, 0.3) is 16.7 Å². The Bertz CT molecular complexity index is 1490. The zero-order valence-electron chi connectivity index (χ0n) is 20.5. The van der Waals surface area contributed by atoms with Crippen LogP contribution in [-0.2, 0) is 4.79 Å². The molecule has 0 saturated carbocycles. The van der Waals surface area contributed by atoms with E-state index in [4.69, 9.17) is 23.2 Å². The third-order valence-electron chi connectivity index (χ3n) is 6.47. The number of piperazine rings is 1. The van der Waals surface area contributed by atoms with Gasteiger partial charge in [0, 0.05) is 37.3 Å². The molecule has 0 aliphatic carbocycles. The average molecular weight is 525 g/mol. The van der Waals surface area contributed by atoms with Crippen LogP contribution >= 0.6 is 23.2 Å². The second-order valence-corrected chi connectivity index (χ2v) is 9.92. The second kappa shape index (κ2) is 9.92. The van der Waals surface area contributed by atoms with Gasteiger partial charge in [0.15, 0.2) is 5.65 Å². The van der Waals surface area contributed by atoms with Gasteiger partial charge in [0.1, 0.15) is 16.8 Å². The molecule has 3 aromatic heterocycles. The molecule has 1 unspecified atom stereocenters. The van der Waals surface area contributed by atoms with E-state index in [9.17, 15) is 14.9 Å². The molecule has 10 heteroatoms. The lowest BCUT2D eigenvalue weighted by Gasteiger charge is -2.41. The maximum Gasteiger partial charge on any atom is 0.276 e. The largest absolute Gasteiger partial charge is 0.363 e. The summed E-state index contributed by atoms with van der Waals surface area (Å²) in [7, 11) is 0. The number of amides is 1. The van der Waals surface area contributed by atoms with Gasteiger partial charge in [-0.3, -0.25) is 19.1 Å². The normalized spacial score (nSPS) is 15.9. The number of nitriles is 1. The second-order valence-electron chi connectivity index (χ2n) is 9.16. The van der Waals surface area contributed by atoms with E-state index >= 15 is 0 Å². The molecule has 3 aromatic rings.